The average Bonchev–Trinajstić information content (AvgIpc) is 2.92. The van der Waals surface area contributed by atoms with Crippen molar-refractivity contribution in [1.82, 2.24) is 24.9 Å². The standard InChI is InChI=1S/C13H21N5/c1-5-18-9-13(11(3)15-18)10(2)14-8-12-6-7-17(4)16-12/h6-7,9-10,14H,5,8H2,1-4H3. The summed E-state index contributed by atoms with van der Waals surface area (Å²) < 4.78 is 3.80. The highest BCUT2D eigenvalue weighted by Gasteiger charge is 2.12. The topological polar surface area (TPSA) is 47.7 Å². The lowest BCUT2D eigenvalue weighted by atomic mass is 10.1. The highest BCUT2D eigenvalue weighted by molar-refractivity contribution is 5.19. The highest BCUT2D eigenvalue weighted by Crippen LogP contribution is 2.16. The molecule has 5 nitrogen and oxygen atoms in total. The molecule has 0 radical (unpaired) electrons. The second-order valence-corrected chi connectivity index (χ2v) is 4.61. The van der Waals surface area contributed by atoms with E-state index in [2.05, 4.69) is 42.5 Å². The first-order chi connectivity index (χ1) is 8.60. The number of nitrogens with one attached hydrogen (secondary N) is 1. The molecule has 0 aliphatic rings. The van der Waals surface area contributed by atoms with Gasteiger partial charge in [0.15, 0.2) is 0 Å². The van der Waals surface area contributed by atoms with Crippen LogP contribution >= 0.6 is 0 Å². The van der Waals surface area contributed by atoms with Crippen molar-refractivity contribution in [2.24, 2.45) is 7.05 Å². The Morgan fingerprint density at radius 1 is 1.39 bits per heavy atom. The first-order valence-corrected chi connectivity index (χ1v) is 6.36. The lowest BCUT2D eigenvalue weighted by Crippen LogP contribution is -2.18. The van der Waals surface area contributed by atoms with Gasteiger partial charge in [0.2, 0.25) is 0 Å². The molecule has 2 aromatic heterocycles. The van der Waals surface area contributed by atoms with Crippen molar-refractivity contribution in [3.63, 3.8) is 0 Å². The predicted molar refractivity (Wildman–Crippen MR) is 71.1 cm³/mol. The summed E-state index contributed by atoms with van der Waals surface area (Å²) in [7, 11) is 1.93. The Balaban J connectivity index is 1.98. The molecule has 0 spiro atoms. The molecule has 98 valence electrons. The van der Waals surface area contributed by atoms with Crippen LogP contribution in [-0.2, 0) is 20.1 Å². The van der Waals surface area contributed by atoms with Crippen LogP contribution in [-0.4, -0.2) is 19.6 Å². The van der Waals surface area contributed by atoms with E-state index in [-0.39, 0.29) is 6.04 Å². The summed E-state index contributed by atoms with van der Waals surface area (Å²) in [5.74, 6) is 0. The van der Waals surface area contributed by atoms with Gasteiger partial charge in [-0.2, -0.15) is 10.2 Å². The molecule has 2 heterocycles. The van der Waals surface area contributed by atoms with Crippen LogP contribution in [0.25, 0.3) is 0 Å². The van der Waals surface area contributed by atoms with E-state index >= 15 is 0 Å². The number of aryl methyl sites for hydroxylation is 3. The van der Waals surface area contributed by atoms with Crippen molar-refractivity contribution >= 4 is 0 Å². The highest BCUT2D eigenvalue weighted by atomic mass is 15.3. The summed E-state index contributed by atoms with van der Waals surface area (Å²) in [4.78, 5) is 0. The summed E-state index contributed by atoms with van der Waals surface area (Å²) in [6.07, 6.45) is 4.08. The molecule has 0 aliphatic carbocycles. The zero-order valence-corrected chi connectivity index (χ0v) is 11.5. The van der Waals surface area contributed by atoms with Gasteiger partial charge in [-0.05, 0) is 26.8 Å². The second-order valence-electron chi connectivity index (χ2n) is 4.61. The number of hydrogen-bond acceptors (Lipinski definition) is 3. The van der Waals surface area contributed by atoms with Gasteiger partial charge in [0.05, 0.1) is 11.4 Å². The number of aromatic nitrogens is 4. The number of nitrogens with zero attached hydrogens (tertiary/aromatic N) is 4. The summed E-state index contributed by atoms with van der Waals surface area (Å²) in [6.45, 7) is 8.00. The molecule has 1 N–H and O–H groups in total. The van der Waals surface area contributed by atoms with Gasteiger partial charge in [0, 0.05) is 44.1 Å². The lowest BCUT2D eigenvalue weighted by Gasteiger charge is -2.11. The molecule has 1 unspecified atom stereocenters. The minimum atomic E-state index is 0.285. The van der Waals surface area contributed by atoms with E-state index in [4.69, 9.17) is 0 Å². The molecule has 18 heavy (non-hydrogen) atoms. The van der Waals surface area contributed by atoms with Crippen LogP contribution < -0.4 is 5.32 Å². The van der Waals surface area contributed by atoms with E-state index in [1.807, 2.05) is 28.7 Å². The van der Waals surface area contributed by atoms with Crippen molar-refractivity contribution in [2.45, 2.75) is 39.9 Å². The Hall–Kier alpha value is -1.62. The first kappa shape index (κ1) is 12.8. The Labute approximate surface area is 108 Å². The van der Waals surface area contributed by atoms with Crippen LogP contribution in [0.1, 0.15) is 36.8 Å². The lowest BCUT2D eigenvalue weighted by molar-refractivity contribution is 0.559. The molecule has 2 aromatic rings. The van der Waals surface area contributed by atoms with Gasteiger partial charge in [0.1, 0.15) is 0 Å². The number of hydrogen-bond donors (Lipinski definition) is 1. The molecule has 5 heteroatoms. The molecule has 0 saturated heterocycles. The van der Waals surface area contributed by atoms with Gasteiger partial charge < -0.3 is 5.32 Å². The van der Waals surface area contributed by atoms with Crippen molar-refractivity contribution in [3.8, 4) is 0 Å². The van der Waals surface area contributed by atoms with E-state index < -0.39 is 0 Å². The third kappa shape index (κ3) is 2.79. The first-order valence-electron chi connectivity index (χ1n) is 6.36. The van der Waals surface area contributed by atoms with Crippen LogP contribution in [0.15, 0.2) is 18.5 Å². The zero-order chi connectivity index (χ0) is 13.1. The molecule has 0 bridgehead atoms. The fourth-order valence-electron chi connectivity index (χ4n) is 2.05. The molecule has 0 aromatic carbocycles. The van der Waals surface area contributed by atoms with Gasteiger partial charge in [-0.25, -0.2) is 0 Å². The maximum atomic E-state index is 4.47. The third-order valence-corrected chi connectivity index (χ3v) is 3.13. The van der Waals surface area contributed by atoms with Crippen LogP contribution in [0.2, 0.25) is 0 Å². The van der Waals surface area contributed by atoms with Crippen LogP contribution in [0.4, 0.5) is 0 Å². The van der Waals surface area contributed by atoms with E-state index in [0.717, 1.165) is 24.5 Å². The van der Waals surface area contributed by atoms with E-state index in [9.17, 15) is 0 Å². The quantitative estimate of drug-likeness (QED) is 0.876. The van der Waals surface area contributed by atoms with Crippen molar-refractivity contribution in [2.75, 3.05) is 0 Å². The molecule has 0 saturated carbocycles. The van der Waals surface area contributed by atoms with Crippen LogP contribution in [0, 0.1) is 6.92 Å². The minimum absolute atomic E-state index is 0.285. The summed E-state index contributed by atoms with van der Waals surface area (Å²) >= 11 is 0. The fourth-order valence-corrected chi connectivity index (χ4v) is 2.05. The normalized spacial score (nSPS) is 12.9. The fraction of sp³-hybridized carbons (Fsp3) is 0.538. The van der Waals surface area contributed by atoms with Gasteiger partial charge in [-0.3, -0.25) is 9.36 Å². The average molecular weight is 247 g/mol. The Morgan fingerprint density at radius 2 is 2.17 bits per heavy atom. The molecule has 0 aliphatic heterocycles. The monoisotopic (exact) mass is 247 g/mol. The Morgan fingerprint density at radius 3 is 2.72 bits per heavy atom. The van der Waals surface area contributed by atoms with Gasteiger partial charge >= 0.3 is 0 Å². The molecule has 2 rings (SSSR count). The summed E-state index contributed by atoms with van der Waals surface area (Å²) in [5.41, 5.74) is 3.41. The van der Waals surface area contributed by atoms with Crippen LogP contribution in [0.5, 0.6) is 0 Å². The largest absolute Gasteiger partial charge is 0.304 e. The van der Waals surface area contributed by atoms with Gasteiger partial charge in [-0.1, -0.05) is 0 Å². The van der Waals surface area contributed by atoms with Gasteiger partial charge in [0.25, 0.3) is 0 Å². The zero-order valence-electron chi connectivity index (χ0n) is 11.5. The van der Waals surface area contributed by atoms with Crippen molar-refractivity contribution in [3.05, 3.63) is 35.4 Å². The van der Waals surface area contributed by atoms with E-state index in [1.54, 1.807) is 0 Å². The molecular formula is C13H21N5. The second kappa shape index (κ2) is 5.35. The van der Waals surface area contributed by atoms with E-state index in [0.29, 0.717) is 0 Å². The predicted octanol–water partition coefficient (Wildman–Crippen LogP) is 1.80. The SMILES string of the molecule is CCn1cc(C(C)NCc2ccn(C)n2)c(C)n1. The molecule has 1 atom stereocenters. The minimum Gasteiger partial charge on any atom is -0.304 e. The third-order valence-electron chi connectivity index (χ3n) is 3.13. The molecule has 0 fully saturated rings. The van der Waals surface area contributed by atoms with Crippen molar-refractivity contribution < 1.29 is 0 Å². The summed E-state index contributed by atoms with van der Waals surface area (Å²) in [5, 5.41) is 12.3. The summed E-state index contributed by atoms with van der Waals surface area (Å²) in [6, 6.07) is 2.31. The smallest absolute Gasteiger partial charge is 0.0762 e. The van der Waals surface area contributed by atoms with Gasteiger partial charge in [-0.15, -0.1) is 0 Å². The van der Waals surface area contributed by atoms with E-state index in [1.165, 1.54) is 5.56 Å². The number of rotatable bonds is 5. The Bertz CT molecular complexity index is 511. The Kier molecular flexibility index (Phi) is 3.81. The molecule has 0 amide bonds. The van der Waals surface area contributed by atoms with Crippen LogP contribution in [0.3, 0.4) is 0 Å². The maximum absolute atomic E-state index is 4.47. The maximum Gasteiger partial charge on any atom is 0.0762 e. The molecular weight excluding hydrogens is 226 g/mol. The van der Waals surface area contributed by atoms with Crippen molar-refractivity contribution in [1.29, 1.82) is 0 Å².